The molecule has 0 spiro atoms. The molecule has 0 aliphatic heterocycles. The minimum Gasteiger partial charge on any atom is -1.00 e. The van der Waals surface area contributed by atoms with Crippen molar-refractivity contribution in [2.24, 2.45) is 0 Å². The minimum absolute atomic E-state index is 0. The first-order valence-corrected chi connectivity index (χ1v) is 0.775. The third-order valence-electron chi connectivity index (χ3n) is 0. The Kier molecular flexibility index (Phi) is 52.5. The van der Waals surface area contributed by atoms with Gasteiger partial charge < -0.3 is 23.6 Å². The van der Waals surface area contributed by atoms with Gasteiger partial charge in [-0.3, -0.25) is 0 Å². The van der Waals surface area contributed by atoms with Gasteiger partial charge in [0.15, 0.2) is 0 Å². The summed E-state index contributed by atoms with van der Waals surface area (Å²) in [6.45, 7) is 0. The third kappa shape index (κ3) is 41.5. The fourth-order valence-corrected chi connectivity index (χ4v) is 0. The molecule has 0 rings (SSSR count). The van der Waals surface area contributed by atoms with Crippen molar-refractivity contribution < 1.29 is 23.6 Å². The smallest absolute Gasteiger partial charge is 1.00 e. The summed E-state index contributed by atoms with van der Waals surface area (Å²) in [5.74, 6) is 0. The van der Waals surface area contributed by atoms with E-state index in [-0.39, 0.29) is 126 Å². The van der Waals surface area contributed by atoms with Crippen LogP contribution < -0.4 is 0 Å². The van der Waals surface area contributed by atoms with Gasteiger partial charge in [0.2, 0.25) is 0 Å². The summed E-state index contributed by atoms with van der Waals surface area (Å²) in [6, 6.07) is 0. The van der Waals surface area contributed by atoms with Gasteiger partial charge in [0.05, 0.1) is 0 Å². The van der Waals surface area contributed by atoms with Gasteiger partial charge in [0, 0.05) is 0 Å². The van der Waals surface area contributed by atoms with Gasteiger partial charge in [-0.05, 0) is 0 Å². The van der Waals surface area contributed by atoms with E-state index in [9.17, 15) is 0 Å². The molecule has 0 bridgehead atoms. The van der Waals surface area contributed by atoms with Gasteiger partial charge in [-0.15, -0.1) is 0 Å². The second kappa shape index (κ2) is 16.4. The Labute approximate surface area is 145 Å². The zero-order valence-corrected chi connectivity index (χ0v) is 13.4. The van der Waals surface area contributed by atoms with Crippen molar-refractivity contribution in [3.05, 3.63) is 0 Å². The predicted octanol–water partition coefficient (Wildman–Crippen LogP) is -2.52. The van der Waals surface area contributed by atoms with Crippen LogP contribution in [-0.4, -0.2) is 140 Å². The van der Waals surface area contributed by atoms with Crippen molar-refractivity contribution in [1.29, 1.82) is 0 Å². The van der Waals surface area contributed by atoms with Crippen molar-refractivity contribution in [1.82, 2.24) is 0 Å². The second-order valence-corrected chi connectivity index (χ2v) is 0.346. The largest absolute Gasteiger partial charge is 2.00 e. The Hall–Kier alpha value is 3.76. The molecule has 7 heavy (non-hydrogen) atoms. The summed E-state index contributed by atoms with van der Waals surface area (Å²) in [5, 5.41) is 21.5. The van der Waals surface area contributed by atoms with Crippen molar-refractivity contribution in [3.8, 4) is 0 Å². The summed E-state index contributed by atoms with van der Waals surface area (Å²) in [6.07, 6.45) is 0. The predicted molar refractivity (Wildman–Crippen MR) is 36.3 cm³/mol. The Morgan fingerprint density at radius 2 is 1.14 bits per heavy atom. The average molecular weight is 317 g/mol. The zero-order chi connectivity index (χ0) is 3.58. The molecule has 0 fully saturated rings. The molecule has 7 heteroatoms. The van der Waals surface area contributed by atoms with E-state index in [0.29, 0.717) is 0 Å². The monoisotopic (exact) mass is 318 g/mol. The Morgan fingerprint density at radius 3 is 1.14 bits per heavy atom. The number of hydrogen-bond donors (Lipinski definition) is 3. The fraction of sp³-hybridized carbons (Fsp3) is 0. The third-order valence-corrected chi connectivity index (χ3v) is 0. The van der Waals surface area contributed by atoms with Gasteiger partial charge in [-0.1, -0.05) is 0 Å². The van der Waals surface area contributed by atoms with Crippen LogP contribution in [0.5, 0.6) is 0 Å². The van der Waals surface area contributed by atoms with Gasteiger partial charge in [-0.25, -0.2) is 0 Å². The van der Waals surface area contributed by atoms with E-state index in [0.717, 1.165) is 0 Å². The van der Waals surface area contributed by atoms with E-state index in [2.05, 4.69) is 0 Å². The quantitative estimate of drug-likeness (QED) is 0.432. The first-order chi connectivity index (χ1) is 1.73. The van der Waals surface area contributed by atoms with Crippen LogP contribution >= 0.6 is 0 Å². The molecule has 0 atom stereocenters. The zero-order valence-electron chi connectivity index (χ0n) is 10.0. The molecule has 0 aromatic rings. The number of hydrogen-bond acceptors (Lipinski definition) is 3. The van der Waals surface area contributed by atoms with E-state index >= 15 is 0 Å². The maximum Gasteiger partial charge on any atom is 2.00 e. The minimum atomic E-state index is -2.17. The van der Waals surface area contributed by atoms with Crippen molar-refractivity contribution in [2.75, 3.05) is 0 Å². The molecule has 0 amide bonds. The molecule has 0 saturated heterocycles. The molecule has 3 nitrogen and oxygen atoms in total. The molecule has 0 aromatic carbocycles. The van der Waals surface area contributed by atoms with Crippen LogP contribution in [0.2, 0.25) is 0 Å². The van der Waals surface area contributed by atoms with Crippen molar-refractivity contribution in [2.45, 2.75) is 0 Å². The summed E-state index contributed by atoms with van der Waals surface area (Å²) >= 11 is 0. The molecular formula is H9BBaMgO3Sr. The van der Waals surface area contributed by atoms with Crippen LogP contribution in [0.4, 0.5) is 0 Å². The van der Waals surface area contributed by atoms with Crippen LogP contribution in [0.25, 0.3) is 0 Å². The van der Waals surface area contributed by atoms with Crippen LogP contribution in [0.1, 0.15) is 8.56 Å². The van der Waals surface area contributed by atoms with E-state index < -0.39 is 7.32 Å². The Bertz CT molecular complexity index is 32.6. The molecule has 3 N–H and O–H groups in total. The van der Waals surface area contributed by atoms with E-state index in [1.54, 1.807) is 0 Å². The Balaban J connectivity index is -0.00000000125. The molecule has 36 valence electrons. The van der Waals surface area contributed by atoms with Crippen LogP contribution in [0.3, 0.4) is 0 Å². The molecule has 0 aromatic heterocycles. The Morgan fingerprint density at radius 1 is 1.14 bits per heavy atom. The summed E-state index contributed by atoms with van der Waals surface area (Å²) < 4.78 is 0. The van der Waals surface area contributed by atoms with Crippen LogP contribution in [0.15, 0.2) is 0 Å². The van der Waals surface area contributed by atoms with Crippen LogP contribution in [-0.2, 0) is 0 Å². The summed E-state index contributed by atoms with van der Waals surface area (Å²) in [4.78, 5) is 0. The van der Waals surface area contributed by atoms with Gasteiger partial charge >= 0.3 is 125 Å². The summed E-state index contributed by atoms with van der Waals surface area (Å²) in [5.41, 5.74) is 0. The van der Waals surface area contributed by atoms with Gasteiger partial charge in [-0.2, -0.15) is 0 Å². The molecule has 0 aliphatic carbocycles. The van der Waals surface area contributed by atoms with Crippen molar-refractivity contribution >= 4 is 125 Å². The molecule has 0 heterocycles. The van der Waals surface area contributed by atoms with E-state index in [1.165, 1.54) is 0 Å². The molecule has 0 radical (unpaired) electrons. The SMILES string of the molecule is OB(O)O.[Ba+2].[H-].[H-].[H-].[H-].[H-].[H-].[Mg+2].[Sr+2]. The maximum absolute atomic E-state index is 7.17. The molecule has 0 aliphatic rings. The summed E-state index contributed by atoms with van der Waals surface area (Å²) in [7, 11) is -2.17. The van der Waals surface area contributed by atoms with Crippen molar-refractivity contribution in [3.63, 3.8) is 0 Å². The van der Waals surface area contributed by atoms with Gasteiger partial charge in [0.1, 0.15) is 0 Å². The van der Waals surface area contributed by atoms with E-state index in [1.807, 2.05) is 0 Å². The second-order valence-electron chi connectivity index (χ2n) is 0.346. The molecule has 0 unspecified atom stereocenters. The van der Waals surface area contributed by atoms with E-state index in [4.69, 9.17) is 15.1 Å². The molecule has 0 saturated carbocycles. The maximum atomic E-state index is 7.17. The number of rotatable bonds is 0. The topological polar surface area (TPSA) is 60.7 Å². The first-order valence-electron chi connectivity index (χ1n) is 0.775. The normalized spacial score (nSPS) is 3.86. The fourth-order valence-electron chi connectivity index (χ4n) is 0. The molecular weight excluding hydrogens is 308 g/mol. The standard InChI is InChI=1S/BH3O3.Ba.Mg.Sr.6H/c2-1(3)4;;;;;;;;;/h2-4H;;;;;;;;;/q;3*+2;6*-1. The first kappa shape index (κ1) is 22.4. The van der Waals surface area contributed by atoms with Crippen LogP contribution in [0, 0.1) is 0 Å². The van der Waals surface area contributed by atoms with Gasteiger partial charge in [0.25, 0.3) is 0 Å². The average Bonchev–Trinajstić information content (AvgIpc) is 0.811.